The van der Waals surface area contributed by atoms with Gasteiger partial charge in [0, 0.05) is 41.6 Å². The summed E-state index contributed by atoms with van der Waals surface area (Å²) >= 11 is 0. The van der Waals surface area contributed by atoms with Gasteiger partial charge in [0.15, 0.2) is 0 Å². The van der Waals surface area contributed by atoms with Crippen molar-refractivity contribution in [3.05, 3.63) is 88.4 Å². The second-order valence-corrected chi connectivity index (χ2v) is 7.18. The van der Waals surface area contributed by atoms with Crippen LogP contribution >= 0.6 is 0 Å². The lowest BCUT2D eigenvalue weighted by atomic mass is 9.98. The number of carbonyl (C=O) groups is 1. The number of anilines is 1. The number of aryl methyl sites for hydroxylation is 1. The molecule has 2 N–H and O–H groups in total. The van der Waals surface area contributed by atoms with E-state index in [0.29, 0.717) is 11.1 Å². The standard InChI is InChI=1S/C23H18F2N4O2/c1-13-15(16-4-3-5-18-17(16)9-11-27-21(18)30)6-7-19(28-13)22(31)29-14-8-10-26-20(12-14)23(2,24)25/h3-12H,1-2H3,(H,27,30)(H,26,29,31). The molecule has 0 spiro atoms. The zero-order valence-corrected chi connectivity index (χ0v) is 16.7. The summed E-state index contributed by atoms with van der Waals surface area (Å²) in [5, 5.41) is 3.91. The topological polar surface area (TPSA) is 87.7 Å². The number of alkyl halides is 2. The monoisotopic (exact) mass is 420 g/mol. The van der Waals surface area contributed by atoms with Gasteiger partial charge >= 0.3 is 0 Å². The van der Waals surface area contributed by atoms with Crippen LogP contribution in [-0.4, -0.2) is 20.9 Å². The number of halogens is 2. The molecule has 1 amide bonds. The average molecular weight is 420 g/mol. The van der Waals surface area contributed by atoms with Crippen molar-refractivity contribution in [3.63, 3.8) is 0 Å². The molecule has 0 aliphatic rings. The molecule has 3 aromatic heterocycles. The van der Waals surface area contributed by atoms with E-state index in [-0.39, 0.29) is 16.9 Å². The van der Waals surface area contributed by atoms with Gasteiger partial charge in [0.05, 0.1) is 0 Å². The Kier molecular flexibility index (Phi) is 5.06. The van der Waals surface area contributed by atoms with Gasteiger partial charge in [0.1, 0.15) is 11.4 Å². The lowest BCUT2D eigenvalue weighted by molar-refractivity contribution is 0.0128. The fraction of sp³-hybridized carbons (Fsp3) is 0.130. The van der Waals surface area contributed by atoms with E-state index >= 15 is 0 Å². The van der Waals surface area contributed by atoms with Gasteiger partial charge in [-0.1, -0.05) is 18.2 Å². The van der Waals surface area contributed by atoms with Gasteiger partial charge in [0.2, 0.25) is 0 Å². The summed E-state index contributed by atoms with van der Waals surface area (Å²) in [6.07, 6.45) is 2.80. The summed E-state index contributed by atoms with van der Waals surface area (Å²) in [5.41, 5.74) is 1.92. The Bertz CT molecular complexity index is 1360. The van der Waals surface area contributed by atoms with E-state index in [2.05, 4.69) is 20.3 Å². The van der Waals surface area contributed by atoms with E-state index in [1.165, 1.54) is 12.3 Å². The lowest BCUT2D eigenvalue weighted by Crippen LogP contribution is -2.16. The summed E-state index contributed by atoms with van der Waals surface area (Å²) in [6, 6.07) is 13.1. The van der Waals surface area contributed by atoms with Crippen molar-refractivity contribution in [1.29, 1.82) is 0 Å². The maximum atomic E-state index is 13.5. The first-order valence-corrected chi connectivity index (χ1v) is 9.48. The number of nitrogens with zero attached hydrogens (tertiary/aromatic N) is 2. The number of nitrogens with one attached hydrogen (secondary N) is 2. The van der Waals surface area contributed by atoms with Crippen LogP contribution in [0.2, 0.25) is 0 Å². The number of pyridine rings is 3. The van der Waals surface area contributed by atoms with Crippen LogP contribution in [0.1, 0.15) is 28.8 Å². The largest absolute Gasteiger partial charge is 0.329 e. The Hall–Kier alpha value is -3.94. The third-order valence-corrected chi connectivity index (χ3v) is 4.89. The zero-order valence-electron chi connectivity index (χ0n) is 16.7. The number of hydrogen-bond acceptors (Lipinski definition) is 4. The first-order valence-electron chi connectivity index (χ1n) is 9.48. The molecule has 4 aromatic rings. The molecule has 3 heterocycles. The van der Waals surface area contributed by atoms with Crippen LogP contribution in [0.4, 0.5) is 14.5 Å². The maximum Gasteiger partial charge on any atom is 0.287 e. The SMILES string of the molecule is Cc1nc(C(=O)Nc2ccnc(C(C)(F)F)c2)ccc1-c1cccc2c(=O)[nH]ccc12. The van der Waals surface area contributed by atoms with Crippen molar-refractivity contribution in [2.75, 3.05) is 5.32 Å². The number of fused-ring (bicyclic) bond motifs is 1. The summed E-state index contributed by atoms with van der Waals surface area (Å²) < 4.78 is 27.0. The molecule has 0 unspecified atom stereocenters. The van der Waals surface area contributed by atoms with Crippen LogP contribution < -0.4 is 10.9 Å². The minimum Gasteiger partial charge on any atom is -0.329 e. The number of amides is 1. The molecule has 0 saturated carbocycles. The van der Waals surface area contributed by atoms with E-state index in [4.69, 9.17) is 0 Å². The van der Waals surface area contributed by atoms with Gasteiger partial charge < -0.3 is 10.3 Å². The number of hydrogen-bond donors (Lipinski definition) is 2. The number of rotatable bonds is 4. The molecular weight excluding hydrogens is 402 g/mol. The van der Waals surface area contributed by atoms with Crippen LogP contribution in [0.25, 0.3) is 21.9 Å². The molecule has 0 saturated heterocycles. The highest BCUT2D eigenvalue weighted by Crippen LogP contribution is 2.29. The molecule has 6 nitrogen and oxygen atoms in total. The van der Waals surface area contributed by atoms with Crippen molar-refractivity contribution in [2.45, 2.75) is 19.8 Å². The molecule has 156 valence electrons. The lowest BCUT2D eigenvalue weighted by Gasteiger charge is -2.12. The van der Waals surface area contributed by atoms with Crippen LogP contribution in [0, 0.1) is 6.92 Å². The molecule has 0 aliphatic heterocycles. The number of benzene rings is 1. The van der Waals surface area contributed by atoms with Gasteiger partial charge in [-0.25, -0.2) is 4.98 Å². The minimum absolute atomic E-state index is 0.140. The van der Waals surface area contributed by atoms with Crippen LogP contribution in [0.15, 0.2) is 65.7 Å². The first-order chi connectivity index (χ1) is 14.7. The summed E-state index contributed by atoms with van der Waals surface area (Å²) in [4.78, 5) is 35.4. The molecular formula is C23H18F2N4O2. The molecule has 0 radical (unpaired) electrons. The maximum absolute atomic E-state index is 13.5. The predicted octanol–water partition coefficient (Wildman–Crippen LogP) is 4.66. The van der Waals surface area contributed by atoms with E-state index in [1.807, 2.05) is 12.1 Å². The first kappa shape index (κ1) is 20.3. The molecule has 0 atom stereocenters. The second kappa shape index (κ2) is 7.71. The Balaban J connectivity index is 1.65. The third kappa shape index (κ3) is 4.05. The van der Waals surface area contributed by atoms with Crippen LogP contribution in [-0.2, 0) is 5.92 Å². The van der Waals surface area contributed by atoms with Gasteiger partial charge in [-0.15, -0.1) is 0 Å². The third-order valence-electron chi connectivity index (χ3n) is 4.89. The average Bonchev–Trinajstić information content (AvgIpc) is 2.73. The van der Waals surface area contributed by atoms with Crippen molar-refractivity contribution < 1.29 is 13.6 Å². The molecule has 0 aliphatic carbocycles. The molecule has 0 bridgehead atoms. The molecule has 1 aromatic carbocycles. The Morgan fingerprint density at radius 3 is 2.61 bits per heavy atom. The van der Waals surface area contributed by atoms with Crippen LogP contribution in [0.5, 0.6) is 0 Å². The second-order valence-electron chi connectivity index (χ2n) is 7.18. The molecule has 0 fully saturated rings. The van der Waals surface area contributed by atoms with Crippen molar-refractivity contribution >= 4 is 22.4 Å². The van der Waals surface area contributed by atoms with Gasteiger partial charge in [-0.3, -0.25) is 14.6 Å². The quantitative estimate of drug-likeness (QED) is 0.503. The predicted molar refractivity (Wildman–Crippen MR) is 114 cm³/mol. The van der Waals surface area contributed by atoms with Crippen molar-refractivity contribution in [3.8, 4) is 11.1 Å². The normalized spacial score (nSPS) is 11.5. The van der Waals surface area contributed by atoms with Gasteiger partial charge in [-0.2, -0.15) is 8.78 Å². The molecule has 4 rings (SSSR count). The zero-order chi connectivity index (χ0) is 22.2. The highest BCUT2D eigenvalue weighted by atomic mass is 19.3. The van der Waals surface area contributed by atoms with E-state index < -0.39 is 17.5 Å². The van der Waals surface area contributed by atoms with Gasteiger partial charge in [0.25, 0.3) is 17.4 Å². The van der Waals surface area contributed by atoms with E-state index in [0.717, 1.165) is 29.5 Å². The number of aromatic nitrogens is 3. The minimum atomic E-state index is -3.11. The summed E-state index contributed by atoms with van der Waals surface area (Å²) in [5.74, 6) is -3.64. The molecule has 31 heavy (non-hydrogen) atoms. The van der Waals surface area contributed by atoms with Crippen molar-refractivity contribution in [1.82, 2.24) is 15.0 Å². The van der Waals surface area contributed by atoms with Crippen molar-refractivity contribution in [2.24, 2.45) is 0 Å². The highest BCUT2D eigenvalue weighted by molar-refractivity contribution is 6.03. The highest BCUT2D eigenvalue weighted by Gasteiger charge is 2.26. The van der Waals surface area contributed by atoms with Crippen LogP contribution in [0.3, 0.4) is 0 Å². The summed E-state index contributed by atoms with van der Waals surface area (Å²) in [7, 11) is 0. The fourth-order valence-electron chi connectivity index (χ4n) is 3.37. The molecule has 8 heteroatoms. The number of carbonyl (C=O) groups excluding carboxylic acids is 1. The number of H-pyrrole nitrogens is 1. The fourth-order valence-corrected chi connectivity index (χ4v) is 3.37. The van der Waals surface area contributed by atoms with E-state index in [1.54, 1.807) is 37.4 Å². The Morgan fingerprint density at radius 1 is 1.06 bits per heavy atom. The Labute approximate surface area is 176 Å². The Morgan fingerprint density at radius 2 is 1.87 bits per heavy atom. The summed E-state index contributed by atoms with van der Waals surface area (Å²) in [6.45, 7) is 2.51. The number of aromatic amines is 1. The van der Waals surface area contributed by atoms with E-state index in [9.17, 15) is 18.4 Å². The van der Waals surface area contributed by atoms with Gasteiger partial charge in [-0.05, 0) is 48.2 Å². The smallest absolute Gasteiger partial charge is 0.287 e.